The summed E-state index contributed by atoms with van der Waals surface area (Å²) < 4.78 is 138. The predicted molar refractivity (Wildman–Crippen MR) is 276 cm³/mol. The summed E-state index contributed by atoms with van der Waals surface area (Å²) >= 11 is 0. The minimum absolute atomic E-state index is 0.00628. The van der Waals surface area contributed by atoms with Crippen LogP contribution in [0.25, 0.3) is 33.4 Å². The average Bonchev–Trinajstić information content (AvgIpc) is 3.64. The molecule has 1 aliphatic carbocycles. The van der Waals surface area contributed by atoms with Crippen molar-refractivity contribution < 1.29 is 90.2 Å². The van der Waals surface area contributed by atoms with Gasteiger partial charge in [-0.15, -0.1) is 5.06 Å². The summed E-state index contributed by atoms with van der Waals surface area (Å²) in [5, 5.41) is 18.1. The lowest BCUT2D eigenvalue weighted by Gasteiger charge is -2.21. The Bertz CT molecular complexity index is 3210. The van der Waals surface area contributed by atoms with E-state index in [1.54, 1.807) is 36.4 Å². The average molecular weight is 1140 g/mol. The molecule has 0 saturated carbocycles. The molecule has 2 aromatic carbocycles. The van der Waals surface area contributed by atoms with E-state index in [4.69, 9.17) is 9.25 Å². The number of carboxylic acids is 1. The van der Waals surface area contributed by atoms with Gasteiger partial charge in [0.25, 0.3) is 58.2 Å². The first-order valence-electron chi connectivity index (χ1n) is 24.5. The lowest BCUT2D eigenvalue weighted by Crippen LogP contribution is -2.32. The van der Waals surface area contributed by atoms with E-state index in [0.29, 0.717) is 64.6 Å². The van der Waals surface area contributed by atoms with Crippen LogP contribution in [0.1, 0.15) is 129 Å². The summed E-state index contributed by atoms with van der Waals surface area (Å²) in [5.41, 5.74) is 1.47. The quantitative estimate of drug-likeness (QED) is 0.0118. The molecule has 3 aliphatic rings. The number of rotatable bonds is 32. The number of unbranched alkanes of at least 4 members (excludes halogenated alkanes) is 6. The largest absolute Gasteiger partial charge is 0.478 e. The van der Waals surface area contributed by atoms with Crippen molar-refractivity contribution in [3.63, 3.8) is 0 Å². The number of carboxylic acid groups (broad SMARTS) is 1. The van der Waals surface area contributed by atoms with Crippen LogP contribution in [0.5, 0.6) is 0 Å². The van der Waals surface area contributed by atoms with E-state index in [0.717, 1.165) is 0 Å². The van der Waals surface area contributed by atoms with Gasteiger partial charge in [0.05, 0.1) is 34.6 Å². The number of carbonyl (C=O) groups excluding carboxylic acids is 4. The van der Waals surface area contributed by atoms with Gasteiger partial charge in [-0.3, -0.25) is 32.6 Å². The second-order valence-electron chi connectivity index (χ2n) is 18.3. The van der Waals surface area contributed by atoms with Crippen molar-refractivity contribution in [2.24, 2.45) is 0 Å². The van der Waals surface area contributed by atoms with Gasteiger partial charge in [-0.25, -0.2) is 14.2 Å². The summed E-state index contributed by atoms with van der Waals surface area (Å²) in [6.45, 7) is 0.871. The Balaban J connectivity index is 1.54. The minimum atomic E-state index is -4.35. The van der Waals surface area contributed by atoms with E-state index < -0.39 is 99.2 Å². The van der Waals surface area contributed by atoms with Crippen LogP contribution in [0.3, 0.4) is 0 Å². The Labute approximate surface area is 440 Å². The van der Waals surface area contributed by atoms with Gasteiger partial charge in [-0.1, -0.05) is 25.0 Å². The molecule has 0 spiro atoms. The van der Waals surface area contributed by atoms with Crippen LogP contribution >= 0.6 is 0 Å². The summed E-state index contributed by atoms with van der Waals surface area (Å²) in [7, 11) is -17.1. The second-order valence-corrected chi connectivity index (χ2v) is 24.6. The first-order valence-corrected chi connectivity index (χ1v) is 31.0. The zero-order valence-corrected chi connectivity index (χ0v) is 44.7. The number of nitrogens with zero attached hydrogens (tertiary/aromatic N) is 2. The molecule has 3 amide bonds. The number of imide groups is 1. The van der Waals surface area contributed by atoms with Crippen LogP contribution in [0.4, 0.5) is 0 Å². The van der Waals surface area contributed by atoms with E-state index in [9.17, 15) is 81.0 Å². The number of hydroxylamine groups is 2. The maximum Gasteiger partial charge on any atom is 0.336 e. The Morgan fingerprint density at radius 2 is 1.22 bits per heavy atom. The third-order valence-electron chi connectivity index (χ3n) is 12.3. The Hall–Kier alpha value is -5.72. The summed E-state index contributed by atoms with van der Waals surface area (Å²) in [5.74, 6) is -5.63. The van der Waals surface area contributed by atoms with Crippen LogP contribution in [0.2, 0.25) is 0 Å². The van der Waals surface area contributed by atoms with Gasteiger partial charge in [0.2, 0.25) is 5.36 Å². The Morgan fingerprint density at radius 3 is 1.83 bits per heavy atom. The minimum Gasteiger partial charge on any atom is -0.478 e. The molecular formula is C48H63N4O20S4+. The van der Waals surface area contributed by atoms with Gasteiger partial charge in [0.15, 0.2) is 0 Å². The highest BCUT2D eigenvalue weighted by Gasteiger charge is 2.33. The molecule has 2 aromatic rings. The highest BCUT2D eigenvalue weighted by atomic mass is 32.2. The smallest absolute Gasteiger partial charge is 0.336 e. The summed E-state index contributed by atoms with van der Waals surface area (Å²) in [4.78, 5) is 67.3. The fraction of sp³-hybridized carbons (Fsp3) is 0.500. The zero-order chi connectivity index (χ0) is 55.8. The molecule has 76 heavy (non-hydrogen) atoms. The maximum absolute atomic E-state index is 13.7. The topological polar surface area (TPSA) is 376 Å². The number of nitrogens with one attached hydrogen (secondary N) is 2. The van der Waals surface area contributed by atoms with Crippen LogP contribution in [-0.4, -0.2) is 141 Å². The molecule has 24 nitrogen and oxygen atoms in total. The van der Waals surface area contributed by atoms with Gasteiger partial charge >= 0.3 is 11.9 Å². The van der Waals surface area contributed by atoms with Crippen LogP contribution in [0.15, 0.2) is 59.0 Å². The maximum atomic E-state index is 13.7. The first-order chi connectivity index (χ1) is 35.7. The molecule has 0 aromatic heterocycles. The lowest BCUT2D eigenvalue weighted by atomic mass is 9.88. The monoisotopic (exact) mass is 1140 g/mol. The standard InChI is InChI=1S/C48H62N4O20S4/c53-43-20-21-44(54)52(43)72-45(55)13-3-1-2-4-23-50-47(56)34-15-17-36(48(57)58)39(30-34)46-37-18-14-33(40(12-11-29-76(68,69)70)49-22-5-8-26-73(59,60)61)31-41(37)71-42-32-35(16-19-38(42)46)51(24-6-9-27-74(62,63)64)25-7-10-28-75(65,66)67/h14-19,30-32,40,49H,1-13,20-29H2,(H5-,50,56,57,58,59,60,61,62,63,64,65,66,67,68,69,70)/p+1. The van der Waals surface area contributed by atoms with Crippen molar-refractivity contribution >= 4 is 81.1 Å². The Kier molecular flexibility index (Phi) is 22.2. The first kappa shape index (κ1) is 61.1. The van der Waals surface area contributed by atoms with Gasteiger partial charge in [-0.05, 0) is 99.4 Å². The molecule has 2 heterocycles. The molecule has 28 heteroatoms. The Morgan fingerprint density at radius 1 is 0.645 bits per heavy atom. The van der Waals surface area contributed by atoms with Crippen molar-refractivity contribution in [2.45, 2.75) is 102 Å². The number of hydrogen-bond acceptors (Lipinski definition) is 16. The summed E-state index contributed by atoms with van der Waals surface area (Å²) in [6.07, 6.45) is 3.19. The highest BCUT2D eigenvalue weighted by molar-refractivity contribution is 7.86. The molecule has 1 saturated heterocycles. The number of amides is 3. The number of aromatic carboxylic acids is 1. The molecule has 1 atom stereocenters. The SMILES string of the molecule is O=C(CCCCCCNC(=O)c1ccc(C(=O)O)c(-c2c3ccc(=[N+](CCCCS(=O)(=O)O)CCCCS(=O)(=O)O)cc-3oc3cc(C(CCCS(=O)(=O)O)NCCCCS(=O)(=O)O)ccc23)c1)ON1C(=O)CCC1=O. The normalized spacial score (nSPS) is 13.9. The lowest BCUT2D eigenvalue weighted by molar-refractivity contribution is -0.197. The van der Waals surface area contributed by atoms with Gasteiger partial charge in [-0.2, -0.15) is 33.7 Å². The molecular weight excluding hydrogens is 1080 g/mol. The molecule has 0 radical (unpaired) electrons. The molecule has 7 N–H and O–H groups in total. The van der Waals surface area contributed by atoms with Crippen molar-refractivity contribution in [1.82, 2.24) is 20.3 Å². The number of carbonyl (C=O) groups is 5. The number of fused-ring (bicyclic) bond motifs is 2. The van der Waals surface area contributed by atoms with Crippen molar-refractivity contribution in [3.05, 3.63) is 76.6 Å². The number of benzene rings is 3. The summed E-state index contributed by atoms with van der Waals surface area (Å²) in [6, 6.07) is 13.5. The molecule has 1 unspecified atom stereocenters. The molecule has 0 bridgehead atoms. The zero-order valence-electron chi connectivity index (χ0n) is 41.4. The molecule has 1 fully saturated rings. The second kappa shape index (κ2) is 27.5. The van der Waals surface area contributed by atoms with E-state index >= 15 is 0 Å². The predicted octanol–water partition coefficient (Wildman–Crippen LogP) is 4.27. The van der Waals surface area contributed by atoms with E-state index in [1.807, 2.05) is 4.58 Å². The molecule has 5 rings (SSSR count). The fourth-order valence-corrected chi connectivity index (χ4v) is 10.9. The van der Waals surface area contributed by atoms with Crippen molar-refractivity contribution in [2.75, 3.05) is 49.2 Å². The fourth-order valence-electron chi connectivity index (χ4n) is 8.62. The van der Waals surface area contributed by atoms with Crippen LogP contribution < -0.4 is 20.6 Å². The molecule has 2 aliphatic heterocycles. The molecule has 418 valence electrons. The van der Waals surface area contributed by atoms with Crippen molar-refractivity contribution in [1.29, 1.82) is 0 Å². The van der Waals surface area contributed by atoms with E-state index in [-0.39, 0.29) is 118 Å². The third kappa shape index (κ3) is 20.0. The third-order valence-corrected chi connectivity index (χ3v) is 15.6. The van der Waals surface area contributed by atoms with Gasteiger partial charge in [0, 0.05) is 72.8 Å². The highest BCUT2D eigenvalue weighted by Crippen LogP contribution is 2.42. The van der Waals surface area contributed by atoms with Gasteiger partial charge in [0.1, 0.15) is 24.4 Å². The van der Waals surface area contributed by atoms with Gasteiger partial charge < -0.3 is 25.0 Å². The van der Waals surface area contributed by atoms with E-state index in [2.05, 4.69) is 10.6 Å². The number of hydrogen-bond donors (Lipinski definition) is 7. The van der Waals surface area contributed by atoms with E-state index in [1.165, 1.54) is 18.2 Å². The van der Waals surface area contributed by atoms with Crippen LogP contribution in [0, 0.1) is 0 Å². The van der Waals surface area contributed by atoms with Crippen molar-refractivity contribution in [3.8, 4) is 22.5 Å². The van der Waals surface area contributed by atoms with Crippen LogP contribution in [-0.2, 0) is 59.7 Å².